The van der Waals surface area contributed by atoms with Gasteiger partial charge in [0.1, 0.15) is 0 Å². The maximum Gasteiger partial charge on any atom is 0.222 e. The van der Waals surface area contributed by atoms with E-state index in [9.17, 15) is 4.79 Å². The quantitative estimate of drug-likeness (QED) is 0.812. The van der Waals surface area contributed by atoms with E-state index in [0.717, 1.165) is 26.1 Å². The van der Waals surface area contributed by atoms with Gasteiger partial charge >= 0.3 is 0 Å². The summed E-state index contributed by atoms with van der Waals surface area (Å²) in [6.45, 7) is 9.39. The van der Waals surface area contributed by atoms with Gasteiger partial charge < -0.3 is 9.80 Å². The molecular weight excluding hydrogens is 260 g/mol. The number of carbonyl (C=O) groups excluding carboxylic acids is 1. The lowest BCUT2D eigenvalue weighted by atomic mass is 9.99. The van der Waals surface area contributed by atoms with E-state index in [2.05, 4.69) is 44.2 Å². The van der Waals surface area contributed by atoms with Crippen molar-refractivity contribution in [2.45, 2.75) is 39.0 Å². The van der Waals surface area contributed by atoms with Crippen LogP contribution in [0.4, 0.5) is 0 Å². The van der Waals surface area contributed by atoms with Gasteiger partial charge in [0, 0.05) is 38.3 Å². The fourth-order valence-corrected chi connectivity index (χ4v) is 3.39. The van der Waals surface area contributed by atoms with Gasteiger partial charge in [-0.2, -0.15) is 0 Å². The van der Waals surface area contributed by atoms with Crippen molar-refractivity contribution in [1.29, 1.82) is 0 Å². The lowest BCUT2D eigenvalue weighted by Crippen LogP contribution is -3.10. The number of nitrogens with zero attached hydrogens (tertiary/aromatic N) is 1. The van der Waals surface area contributed by atoms with Crippen LogP contribution >= 0.6 is 0 Å². The fraction of sp³-hybridized carbons (Fsp3) is 0.611. The molecule has 0 aliphatic carbocycles. The first-order valence-corrected chi connectivity index (χ1v) is 8.40. The molecule has 21 heavy (non-hydrogen) atoms. The van der Waals surface area contributed by atoms with Crippen LogP contribution in [-0.2, 0) is 4.79 Å². The summed E-state index contributed by atoms with van der Waals surface area (Å²) < 4.78 is 0. The number of amides is 1. The van der Waals surface area contributed by atoms with E-state index in [1.165, 1.54) is 25.1 Å². The molecule has 1 N–H and O–H groups in total. The minimum absolute atomic E-state index is 0.318. The van der Waals surface area contributed by atoms with E-state index in [0.29, 0.717) is 18.2 Å². The minimum atomic E-state index is 0.318. The average Bonchev–Trinajstić information content (AvgIpc) is 2.98. The molecule has 0 bridgehead atoms. The monoisotopic (exact) mass is 289 g/mol. The lowest BCUT2D eigenvalue weighted by Gasteiger charge is -2.19. The summed E-state index contributed by atoms with van der Waals surface area (Å²) in [5, 5.41) is 0. The summed E-state index contributed by atoms with van der Waals surface area (Å²) in [7, 11) is 0. The number of rotatable bonds is 7. The molecule has 1 saturated heterocycles. The predicted molar refractivity (Wildman–Crippen MR) is 86.5 cm³/mol. The van der Waals surface area contributed by atoms with E-state index in [1.54, 1.807) is 4.90 Å². The molecule has 3 nitrogen and oxygen atoms in total. The summed E-state index contributed by atoms with van der Waals surface area (Å²) in [6, 6.07) is 10.9. The average molecular weight is 289 g/mol. The standard InChI is InChI=1S/C18H28N2O/c1-3-20(4-2)18(21)11-8-13-19-14-12-17(15-19)16-9-6-5-7-10-16/h5-7,9-10,17H,3-4,8,11-15H2,1-2H3/p+1/t17-/m0/s1. The van der Waals surface area contributed by atoms with E-state index in [4.69, 9.17) is 0 Å². The Morgan fingerprint density at radius 3 is 2.62 bits per heavy atom. The molecule has 0 spiro atoms. The summed E-state index contributed by atoms with van der Waals surface area (Å²) in [6.07, 6.45) is 3.01. The Hall–Kier alpha value is -1.35. The van der Waals surface area contributed by atoms with Crippen LogP contribution in [0, 0.1) is 0 Å². The van der Waals surface area contributed by atoms with Gasteiger partial charge in [-0.05, 0) is 19.4 Å². The zero-order valence-electron chi connectivity index (χ0n) is 13.5. The first-order chi connectivity index (χ1) is 10.2. The van der Waals surface area contributed by atoms with Gasteiger partial charge in [-0.15, -0.1) is 0 Å². The Balaban J connectivity index is 1.70. The van der Waals surface area contributed by atoms with Gasteiger partial charge in [0.05, 0.1) is 19.6 Å². The van der Waals surface area contributed by atoms with Gasteiger partial charge in [-0.3, -0.25) is 4.79 Å². The molecule has 116 valence electrons. The zero-order valence-corrected chi connectivity index (χ0v) is 13.5. The highest BCUT2D eigenvalue weighted by molar-refractivity contribution is 5.76. The molecule has 3 heteroatoms. The molecule has 1 aliphatic rings. The number of benzene rings is 1. The molecule has 1 amide bonds. The first-order valence-electron chi connectivity index (χ1n) is 8.40. The Labute approximate surface area is 128 Å². The zero-order chi connectivity index (χ0) is 15.1. The number of quaternary nitrogens is 1. The molecule has 2 rings (SSSR count). The van der Waals surface area contributed by atoms with Crippen LogP contribution in [0.5, 0.6) is 0 Å². The van der Waals surface area contributed by atoms with E-state index in [-0.39, 0.29) is 0 Å². The smallest absolute Gasteiger partial charge is 0.222 e. The van der Waals surface area contributed by atoms with Crippen molar-refractivity contribution >= 4 is 5.91 Å². The number of hydrogen-bond donors (Lipinski definition) is 1. The van der Waals surface area contributed by atoms with Crippen molar-refractivity contribution in [2.75, 3.05) is 32.7 Å². The van der Waals surface area contributed by atoms with E-state index in [1.807, 2.05) is 4.90 Å². The Kier molecular flexibility index (Phi) is 6.24. The van der Waals surface area contributed by atoms with Gasteiger partial charge in [-0.1, -0.05) is 30.3 Å². The molecule has 2 atom stereocenters. The maximum absolute atomic E-state index is 12.0. The summed E-state index contributed by atoms with van der Waals surface area (Å²) in [4.78, 5) is 15.6. The summed E-state index contributed by atoms with van der Waals surface area (Å²) in [5.41, 5.74) is 1.48. The highest BCUT2D eigenvalue weighted by atomic mass is 16.2. The van der Waals surface area contributed by atoms with E-state index < -0.39 is 0 Å². The third-order valence-electron chi connectivity index (χ3n) is 4.69. The molecule has 0 radical (unpaired) electrons. The van der Waals surface area contributed by atoms with Crippen molar-refractivity contribution < 1.29 is 9.69 Å². The molecule has 1 fully saturated rings. The third-order valence-corrected chi connectivity index (χ3v) is 4.69. The van der Waals surface area contributed by atoms with Gasteiger partial charge in [0.25, 0.3) is 0 Å². The highest BCUT2D eigenvalue weighted by Gasteiger charge is 2.26. The van der Waals surface area contributed by atoms with E-state index >= 15 is 0 Å². The van der Waals surface area contributed by atoms with Crippen LogP contribution in [0.15, 0.2) is 30.3 Å². The predicted octanol–water partition coefficient (Wildman–Crippen LogP) is 1.71. The SMILES string of the molecule is CCN(CC)C(=O)CCC[NH+]1CC[C@H](c2ccccc2)C1. The Bertz CT molecular complexity index is 428. The molecule has 1 aromatic rings. The van der Waals surface area contributed by atoms with Gasteiger partial charge in [0.2, 0.25) is 5.91 Å². The fourth-order valence-electron chi connectivity index (χ4n) is 3.39. The first kappa shape index (κ1) is 16.0. The third kappa shape index (κ3) is 4.57. The van der Waals surface area contributed by atoms with Crippen LogP contribution in [0.1, 0.15) is 44.6 Å². The van der Waals surface area contributed by atoms with Gasteiger partial charge in [-0.25, -0.2) is 0 Å². The van der Waals surface area contributed by atoms with Crippen molar-refractivity contribution in [1.82, 2.24) is 4.90 Å². The van der Waals surface area contributed by atoms with Crippen LogP contribution in [0.2, 0.25) is 0 Å². The molecule has 1 aliphatic heterocycles. The maximum atomic E-state index is 12.0. The van der Waals surface area contributed by atoms with Crippen LogP contribution < -0.4 is 4.90 Å². The second-order valence-corrected chi connectivity index (χ2v) is 6.02. The van der Waals surface area contributed by atoms with Crippen molar-refractivity contribution in [3.63, 3.8) is 0 Å². The molecule has 1 aromatic carbocycles. The Morgan fingerprint density at radius 1 is 1.24 bits per heavy atom. The highest BCUT2D eigenvalue weighted by Crippen LogP contribution is 2.19. The van der Waals surface area contributed by atoms with Crippen LogP contribution in [0.3, 0.4) is 0 Å². The van der Waals surface area contributed by atoms with Crippen molar-refractivity contribution in [3.8, 4) is 0 Å². The van der Waals surface area contributed by atoms with Gasteiger partial charge in [0.15, 0.2) is 0 Å². The number of likely N-dealkylation sites (tertiary alicyclic amines) is 1. The Morgan fingerprint density at radius 2 is 1.95 bits per heavy atom. The second-order valence-electron chi connectivity index (χ2n) is 6.02. The molecule has 1 heterocycles. The molecule has 0 aromatic heterocycles. The van der Waals surface area contributed by atoms with Crippen molar-refractivity contribution in [2.24, 2.45) is 0 Å². The van der Waals surface area contributed by atoms with Crippen LogP contribution in [-0.4, -0.2) is 43.5 Å². The molecule has 0 saturated carbocycles. The largest absolute Gasteiger partial charge is 0.343 e. The lowest BCUT2D eigenvalue weighted by molar-refractivity contribution is -0.888. The molecule has 1 unspecified atom stereocenters. The topological polar surface area (TPSA) is 24.8 Å². The summed E-state index contributed by atoms with van der Waals surface area (Å²) >= 11 is 0. The van der Waals surface area contributed by atoms with Crippen molar-refractivity contribution in [3.05, 3.63) is 35.9 Å². The van der Waals surface area contributed by atoms with Crippen LogP contribution in [0.25, 0.3) is 0 Å². The summed E-state index contributed by atoms with van der Waals surface area (Å²) in [5.74, 6) is 1.03. The number of nitrogens with one attached hydrogen (secondary N) is 1. The minimum Gasteiger partial charge on any atom is -0.343 e. The second kappa shape index (κ2) is 8.18. The molecular formula is C18H29N2O+. The number of carbonyl (C=O) groups is 1. The normalized spacial score (nSPS) is 21.4. The number of hydrogen-bond acceptors (Lipinski definition) is 1.